The third kappa shape index (κ3) is 5.21. The lowest BCUT2D eigenvalue weighted by Gasteiger charge is -2.19. The van der Waals surface area contributed by atoms with Crippen molar-refractivity contribution in [2.75, 3.05) is 33.4 Å². The second kappa shape index (κ2) is 6.01. The summed E-state index contributed by atoms with van der Waals surface area (Å²) in [5.41, 5.74) is 0. The molecule has 0 bridgehead atoms. The molecule has 4 nitrogen and oxygen atoms in total. The van der Waals surface area contributed by atoms with Crippen LogP contribution in [0.3, 0.4) is 0 Å². The van der Waals surface area contributed by atoms with Crippen molar-refractivity contribution < 1.29 is 14.6 Å². The van der Waals surface area contributed by atoms with Gasteiger partial charge in [-0.2, -0.15) is 0 Å². The van der Waals surface area contributed by atoms with Gasteiger partial charge in [0.1, 0.15) is 12.7 Å². The Bertz CT molecular complexity index is 180. The zero-order valence-corrected chi connectivity index (χ0v) is 8.85. The summed E-state index contributed by atoms with van der Waals surface area (Å²) in [7, 11) is 1.97. The van der Waals surface area contributed by atoms with Gasteiger partial charge in [0.2, 0.25) is 0 Å². The molecular formula is C10H19NO3. The lowest BCUT2D eigenvalue weighted by atomic mass is 10.3. The molecule has 2 atom stereocenters. The van der Waals surface area contributed by atoms with Gasteiger partial charge in [-0.1, -0.05) is 6.08 Å². The van der Waals surface area contributed by atoms with Crippen LogP contribution in [0.2, 0.25) is 0 Å². The van der Waals surface area contributed by atoms with E-state index < -0.39 is 6.10 Å². The standard InChI is InChI=1S/C10H19NO3/c1-3-4-13-7-9(12)5-11(2)6-10-8-14-10/h3-4,9-10,12H,5-8H2,1-2H3/b4-3+. The quantitative estimate of drug-likeness (QED) is 0.473. The molecule has 0 amide bonds. The highest BCUT2D eigenvalue weighted by Crippen LogP contribution is 2.09. The van der Waals surface area contributed by atoms with Crippen LogP contribution in [-0.4, -0.2) is 55.6 Å². The first-order valence-corrected chi connectivity index (χ1v) is 4.93. The van der Waals surface area contributed by atoms with Crippen LogP contribution in [-0.2, 0) is 9.47 Å². The number of hydrogen-bond donors (Lipinski definition) is 1. The molecule has 0 spiro atoms. The van der Waals surface area contributed by atoms with Crippen LogP contribution in [0.15, 0.2) is 12.3 Å². The fourth-order valence-corrected chi connectivity index (χ4v) is 1.27. The lowest BCUT2D eigenvalue weighted by molar-refractivity contribution is 0.0570. The summed E-state index contributed by atoms with van der Waals surface area (Å²) in [4.78, 5) is 2.06. The Morgan fingerprint density at radius 1 is 1.71 bits per heavy atom. The molecule has 0 aromatic carbocycles. The Morgan fingerprint density at radius 2 is 2.43 bits per heavy atom. The van der Waals surface area contributed by atoms with E-state index in [9.17, 15) is 5.11 Å². The molecule has 1 rings (SSSR count). The molecule has 0 saturated carbocycles. The minimum Gasteiger partial charge on any atom is -0.499 e. The Kier molecular flexibility index (Phi) is 4.93. The topological polar surface area (TPSA) is 45.2 Å². The molecular weight excluding hydrogens is 182 g/mol. The van der Waals surface area contributed by atoms with Crippen molar-refractivity contribution in [3.8, 4) is 0 Å². The number of hydrogen-bond acceptors (Lipinski definition) is 4. The summed E-state index contributed by atoms with van der Waals surface area (Å²) in [5, 5.41) is 9.54. The van der Waals surface area contributed by atoms with E-state index in [-0.39, 0.29) is 0 Å². The molecule has 1 aliphatic heterocycles. The van der Waals surface area contributed by atoms with Crippen molar-refractivity contribution in [1.29, 1.82) is 0 Å². The first-order valence-electron chi connectivity index (χ1n) is 4.93. The molecule has 1 N–H and O–H groups in total. The SMILES string of the molecule is C/C=C/OCC(O)CN(C)CC1CO1. The van der Waals surface area contributed by atoms with Crippen LogP contribution in [0.4, 0.5) is 0 Å². The second-order valence-electron chi connectivity index (χ2n) is 3.63. The zero-order valence-electron chi connectivity index (χ0n) is 8.85. The first-order chi connectivity index (χ1) is 6.72. The Hall–Kier alpha value is -0.580. The molecule has 4 heteroatoms. The van der Waals surface area contributed by atoms with E-state index >= 15 is 0 Å². The molecule has 82 valence electrons. The van der Waals surface area contributed by atoms with Gasteiger partial charge in [0, 0.05) is 13.1 Å². The molecule has 1 saturated heterocycles. The van der Waals surface area contributed by atoms with Gasteiger partial charge >= 0.3 is 0 Å². The van der Waals surface area contributed by atoms with Crippen LogP contribution >= 0.6 is 0 Å². The molecule has 0 radical (unpaired) electrons. The number of allylic oxidation sites excluding steroid dienone is 1. The molecule has 0 aliphatic carbocycles. The average molecular weight is 201 g/mol. The fraction of sp³-hybridized carbons (Fsp3) is 0.800. The predicted molar refractivity (Wildman–Crippen MR) is 54.0 cm³/mol. The smallest absolute Gasteiger partial charge is 0.114 e. The highest BCUT2D eigenvalue weighted by Gasteiger charge is 2.24. The Balaban J connectivity index is 2.02. The van der Waals surface area contributed by atoms with E-state index in [1.54, 1.807) is 12.3 Å². The van der Waals surface area contributed by atoms with Crippen LogP contribution < -0.4 is 0 Å². The van der Waals surface area contributed by atoms with Crippen molar-refractivity contribution in [3.05, 3.63) is 12.3 Å². The molecule has 0 aromatic heterocycles. The molecule has 1 fully saturated rings. The number of ether oxygens (including phenoxy) is 2. The van der Waals surface area contributed by atoms with Crippen molar-refractivity contribution in [3.63, 3.8) is 0 Å². The van der Waals surface area contributed by atoms with Crippen molar-refractivity contribution in [2.45, 2.75) is 19.1 Å². The van der Waals surface area contributed by atoms with Crippen LogP contribution in [0.1, 0.15) is 6.92 Å². The lowest BCUT2D eigenvalue weighted by Crippen LogP contribution is -2.34. The fourth-order valence-electron chi connectivity index (χ4n) is 1.27. The van der Waals surface area contributed by atoms with E-state index in [2.05, 4.69) is 4.90 Å². The highest BCUT2D eigenvalue weighted by atomic mass is 16.6. The maximum atomic E-state index is 9.54. The molecule has 2 unspecified atom stereocenters. The monoisotopic (exact) mass is 201 g/mol. The number of aliphatic hydroxyl groups excluding tert-OH is 1. The predicted octanol–water partition coefficient (Wildman–Crippen LogP) is 0.228. The minimum atomic E-state index is -0.435. The molecule has 1 aliphatic rings. The largest absolute Gasteiger partial charge is 0.499 e. The summed E-state index contributed by atoms with van der Waals surface area (Å²) in [6, 6.07) is 0. The van der Waals surface area contributed by atoms with E-state index in [1.165, 1.54) is 0 Å². The summed E-state index contributed by atoms with van der Waals surface area (Å²) in [6.45, 7) is 4.59. The van der Waals surface area contributed by atoms with Gasteiger partial charge in [-0.05, 0) is 14.0 Å². The van der Waals surface area contributed by atoms with Gasteiger partial charge in [0.15, 0.2) is 0 Å². The van der Waals surface area contributed by atoms with Gasteiger partial charge in [-0.15, -0.1) is 0 Å². The van der Waals surface area contributed by atoms with Crippen LogP contribution in [0.25, 0.3) is 0 Å². The van der Waals surface area contributed by atoms with E-state index in [1.807, 2.05) is 14.0 Å². The average Bonchev–Trinajstić information content (AvgIpc) is 2.88. The first kappa shape index (κ1) is 11.5. The summed E-state index contributed by atoms with van der Waals surface area (Å²) >= 11 is 0. The van der Waals surface area contributed by atoms with Crippen molar-refractivity contribution in [1.82, 2.24) is 4.90 Å². The number of likely N-dealkylation sites (N-methyl/N-ethyl adjacent to an activating group) is 1. The van der Waals surface area contributed by atoms with Crippen LogP contribution in [0, 0.1) is 0 Å². The number of epoxide rings is 1. The van der Waals surface area contributed by atoms with Gasteiger partial charge < -0.3 is 19.5 Å². The summed E-state index contributed by atoms with van der Waals surface area (Å²) in [5.74, 6) is 0. The van der Waals surface area contributed by atoms with Crippen LogP contribution in [0.5, 0.6) is 0 Å². The Morgan fingerprint density at radius 3 is 3.00 bits per heavy atom. The van der Waals surface area contributed by atoms with Gasteiger partial charge in [0.05, 0.1) is 19.0 Å². The summed E-state index contributed by atoms with van der Waals surface area (Å²) < 4.78 is 10.2. The van der Waals surface area contributed by atoms with Gasteiger partial charge in [-0.3, -0.25) is 0 Å². The van der Waals surface area contributed by atoms with E-state index in [0.717, 1.165) is 13.2 Å². The molecule has 1 heterocycles. The summed E-state index contributed by atoms with van der Waals surface area (Å²) in [6.07, 6.45) is 3.33. The zero-order chi connectivity index (χ0) is 10.4. The maximum absolute atomic E-state index is 9.54. The van der Waals surface area contributed by atoms with Crippen molar-refractivity contribution in [2.24, 2.45) is 0 Å². The highest BCUT2D eigenvalue weighted by molar-refractivity contribution is 4.74. The van der Waals surface area contributed by atoms with E-state index in [4.69, 9.17) is 9.47 Å². The second-order valence-corrected chi connectivity index (χ2v) is 3.63. The molecule has 14 heavy (non-hydrogen) atoms. The third-order valence-corrected chi connectivity index (χ3v) is 1.96. The van der Waals surface area contributed by atoms with Crippen molar-refractivity contribution >= 4 is 0 Å². The molecule has 0 aromatic rings. The van der Waals surface area contributed by atoms with Gasteiger partial charge in [-0.25, -0.2) is 0 Å². The maximum Gasteiger partial charge on any atom is 0.114 e. The number of aliphatic hydroxyl groups is 1. The number of nitrogens with zero attached hydrogens (tertiary/aromatic N) is 1. The Labute approximate surface area is 85.1 Å². The van der Waals surface area contributed by atoms with E-state index in [0.29, 0.717) is 19.3 Å². The third-order valence-electron chi connectivity index (χ3n) is 1.96. The van der Waals surface area contributed by atoms with Gasteiger partial charge in [0.25, 0.3) is 0 Å². The number of rotatable bonds is 7. The normalized spacial score (nSPS) is 23.0. The minimum absolute atomic E-state index is 0.347.